The third-order valence-electron chi connectivity index (χ3n) is 4.81. The number of hydrazine groups is 1. The van der Waals surface area contributed by atoms with Crippen LogP contribution in [0.4, 0.5) is 5.82 Å². The third kappa shape index (κ3) is 2.97. The van der Waals surface area contributed by atoms with Gasteiger partial charge in [0.05, 0.1) is 5.56 Å². The maximum atomic E-state index is 12.6. The molecule has 0 atom stereocenters. The van der Waals surface area contributed by atoms with Crippen molar-refractivity contribution in [2.75, 3.05) is 12.0 Å². The van der Waals surface area contributed by atoms with Gasteiger partial charge in [0.1, 0.15) is 12.4 Å². The molecule has 1 aliphatic carbocycles. The fraction of sp³-hybridized carbons (Fsp3) is 0.0952. The van der Waals surface area contributed by atoms with Crippen LogP contribution < -0.4 is 11.3 Å². The van der Waals surface area contributed by atoms with Gasteiger partial charge in [-0.3, -0.25) is 0 Å². The first-order valence-electron chi connectivity index (χ1n) is 8.66. The Labute approximate surface area is 160 Å². The number of pyridine rings is 1. The second-order valence-corrected chi connectivity index (χ2v) is 6.37. The van der Waals surface area contributed by atoms with Gasteiger partial charge in [-0.05, 0) is 34.4 Å². The Hall–Kier alpha value is -3.71. The molecule has 0 radical (unpaired) electrons. The second kappa shape index (κ2) is 7.13. The number of rotatable bonds is 5. The number of hydrogen-bond donors (Lipinski definition) is 3. The standard InChI is InChI=1S/C21H17N3O4/c22-24-18-10-9-16(20(25)26)19(23-18)21(27)28-11-17-14-7-3-1-5-12(14)13-6-2-4-8-15(13)17/h1-10,17H,11,22H2,(H,23,24)(H,25,26). The summed E-state index contributed by atoms with van der Waals surface area (Å²) in [5, 5.41) is 9.32. The second-order valence-electron chi connectivity index (χ2n) is 6.37. The highest BCUT2D eigenvalue weighted by Crippen LogP contribution is 2.44. The Balaban J connectivity index is 1.62. The number of anilines is 1. The monoisotopic (exact) mass is 375 g/mol. The summed E-state index contributed by atoms with van der Waals surface area (Å²) in [4.78, 5) is 28.0. The van der Waals surface area contributed by atoms with Gasteiger partial charge >= 0.3 is 11.9 Å². The van der Waals surface area contributed by atoms with E-state index in [0.29, 0.717) is 0 Å². The molecule has 0 amide bonds. The SMILES string of the molecule is NNc1ccc(C(=O)O)c(C(=O)OCC2c3ccccc3-c3ccccc32)n1. The van der Waals surface area contributed by atoms with Gasteiger partial charge in [-0.25, -0.2) is 20.4 Å². The summed E-state index contributed by atoms with van der Waals surface area (Å²) in [6.45, 7) is 0.0773. The molecule has 1 aliphatic rings. The molecule has 140 valence electrons. The maximum absolute atomic E-state index is 12.6. The van der Waals surface area contributed by atoms with Crippen LogP contribution in [0.5, 0.6) is 0 Å². The van der Waals surface area contributed by atoms with Crippen LogP contribution in [-0.4, -0.2) is 28.6 Å². The van der Waals surface area contributed by atoms with Gasteiger partial charge in [0, 0.05) is 5.92 Å². The normalized spacial score (nSPS) is 12.2. The lowest BCUT2D eigenvalue weighted by Gasteiger charge is -2.14. The number of nitrogens with two attached hydrogens (primary N) is 1. The number of carbonyl (C=O) groups is 2. The molecule has 0 spiro atoms. The molecule has 0 bridgehead atoms. The number of aromatic nitrogens is 1. The largest absolute Gasteiger partial charge is 0.478 e. The molecule has 0 fully saturated rings. The topological polar surface area (TPSA) is 115 Å². The van der Waals surface area contributed by atoms with Crippen molar-refractivity contribution in [1.82, 2.24) is 4.98 Å². The molecule has 0 aliphatic heterocycles. The molecule has 4 rings (SSSR count). The zero-order valence-corrected chi connectivity index (χ0v) is 14.8. The van der Waals surface area contributed by atoms with E-state index in [2.05, 4.69) is 10.4 Å². The summed E-state index contributed by atoms with van der Waals surface area (Å²) >= 11 is 0. The van der Waals surface area contributed by atoms with E-state index in [9.17, 15) is 14.7 Å². The number of carboxylic acid groups (broad SMARTS) is 1. The van der Waals surface area contributed by atoms with Crippen LogP contribution in [0.3, 0.4) is 0 Å². The molecule has 0 saturated heterocycles. The molecule has 0 saturated carbocycles. The number of benzene rings is 2. The zero-order valence-electron chi connectivity index (χ0n) is 14.8. The number of ether oxygens (including phenoxy) is 1. The lowest BCUT2D eigenvalue weighted by Crippen LogP contribution is -2.19. The van der Waals surface area contributed by atoms with Crippen LogP contribution in [-0.2, 0) is 4.74 Å². The summed E-state index contributed by atoms with van der Waals surface area (Å²) in [5.41, 5.74) is 6.13. The quantitative estimate of drug-likeness (QED) is 0.357. The van der Waals surface area contributed by atoms with E-state index < -0.39 is 11.9 Å². The van der Waals surface area contributed by atoms with Crippen molar-refractivity contribution in [3.8, 4) is 11.1 Å². The number of aromatic carboxylic acids is 1. The van der Waals surface area contributed by atoms with E-state index in [1.54, 1.807) is 0 Å². The van der Waals surface area contributed by atoms with Gasteiger partial charge in [0.25, 0.3) is 0 Å². The molecular formula is C21H17N3O4. The summed E-state index contributed by atoms with van der Waals surface area (Å²) in [5.74, 6) is 3.29. The maximum Gasteiger partial charge on any atom is 0.357 e. The molecule has 3 aromatic rings. The number of carbonyl (C=O) groups excluding carboxylic acids is 1. The van der Waals surface area contributed by atoms with Crippen LogP contribution in [0.2, 0.25) is 0 Å². The number of hydrogen-bond acceptors (Lipinski definition) is 6. The van der Waals surface area contributed by atoms with Crippen molar-refractivity contribution in [1.29, 1.82) is 0 Å². The highest BCUT2D eigenvalue weighted by atomic mass is 16.5. The molecule has 7 nitrogen and oxygen atoms in total. The summed E-state index contributed by atoms with van der Waals surface area (Å²) in [7, 11) is 0. The fourth-order valence-electron chi connectivity index (χ4n) is 3.53. The van der Waals surface area contributed by atoms with Gasteiger partial charge < -0.3 is 15.3 Å². The minimum Gasteiger partial charge on any atom is -0.478 e. The first kappa shape index (κ1) is 17.7. The van der Waals surface area contributed by atoms with Crippen LogP contribution in [0.1, 0.15) is 37.9 Å². The number of nitrogens with zero attached hydrogens (tertiary/aromatic N) is 1. The summed E-state index contributed by atoms with van der Waals surface area (Å²) in [6.07, 6.45) is 0. The third-order valence-corrected chi connectivity index (χ3v) is 4.81. The van der Waals surface area contributed by atoms with Crippen LogP contribution in [0.15, 0.2) is 60.7 Å². The van der Waals surface area contributed by atoms with Crippen LogP contribution in [0, 0.1) is 0 Å². The fourth-order valence-corrected chi connectivity index (χ4v) is 3.53. The Morgan fingerprint density at radius 2 is 1.61 bits per heavy atom. The van der Waals surface area contributed by atoms with Crippen molar-refractivity contribution in [2.45, 2.75) is 5.92 Å². The van der Waals surface area contributed by atoms with Crippen molar-refractivity contribution >= 4 is 17.8 Å². The highest BCUT2D eigenvalue weighted by Gasteiger charge is 2.30. The Morgan fingerprint density at radius 3 is 2.18 bits per heavy atom. The van der Waals surface area contributed by atoms with E-state index in [-0.39, 0.29) is 29.6 Å². The highest BCUT2D eigenvalue weighted by molar-refractivity contribution is 6.01. The average Bonchev–Trinajstić information content (AvgIpc) is 3.05. The van der Waals surface area contributed by atoms with Gasteiger partial charge in [-0.15, -0.1) is 0 Å². The first-order valence-corrected chi connectivity index (χ1v) is 8.66. The predicted molar refractivity (Wildman–Crippen MR) is 103 cm³/mol. The van der Waals surface area contributed by atoms with E-state index in [0.717, 1.165) is 22.3 Å². The minimum atomic E-state index is -1.26. The summed E-state index contributed by atoms with van der Waals surface area (Å²) < 4.78 is 5.48. The van der Waals surface area contributed by atoms with E-state index in [4.69, 9.17) is 10.6 Å². The molecule has 1 aromatic heterocycles. The number of nitrogens with one attached hydrogen (secondary N) is 1. The smallest absolute Gasteiger partial charge is 0.357 e. The first-order chi connectivity index (χ1) is 13.6. The lowest BCUT2D eigenvalue weighted by molar-refractivity contribution is 0.0476. The molecule has 1 heterocycles. The summed E-state index contributed by atoms with van der Waals surface area (Å²) in [6, 6.07) is 18.6. The van der Waals surface area contributed by atoms with Gasteiger partial charge in [-0.2, -0.15) is 0 Å². The van der Waals surface area contributed by atoms with Crippen molar-refractivity contribution in [3.63, 3.8) is 0 Å². The van der Waals surface area contributed by atoms with E-state index in [1.807, 2.05) is 48.5 Å². The Kier molecular flexibility index (Phi) is 4.50. The van der Waals surface area contributed by atoms with Crippen molar-refractivity contribution in [3.05, 3.63) is 83.0 Å². The van der Waals surface area contributed by atoms with Crippen molar-refractivity contribution in [2.24, 2.45) is 5.84 Å². The molecule has 28 heavy (non-hydrogen) atoms. The molecule has 0 unspecified atom stereocenters. The van der Waals surface area contributed by atoms with E-state index >= 15 is 0 Å². The lowest BCUT2D eigenvalue weighted by atomic mass is 9.98. The Morgan fingerprint density at radius 1 is 1.00 bits per heavy atom. The van der Waals surface area contributed by atoms with Crippen LogP contribution >= 0.6 is 0 Å². The van der Waals surface area contributed by atoms with Gasteiger partial charge in [-0.1, -0.05) is 48.5 Å². The molecule has 2 aromatic carbocycles. The number of carboxylic acids is 1. The van der Waals surface area contributed by atoms with Crippen LogP contribution in [0.25, 0.3) is 11.1 Å². The van der Waals surface area contributed by atoms with Gasteiger partial charge in [0.2, 0.25) is 0 Å². The number of fused-ring (bicyclic) bond motifs is 3. The number of esters is 1. The molecule has 4 N–H and O–H groups in total. The van der Waals surface area contributed by atoms with Crippen molar-refractivity contribution < 1.29 is 19.4 Å². The Bertz CT molecular complexity index is 1040. The average molecular weight is 375 g/mol. The predicted octanol–water partition coefficient (Wildman–Crippen LogP) is 3.03. The zero-order chi connectivity index (χ0) is 19.7. The van der Waals surface area contributed by atoms with E-state index in [1.165, 1.54) is 12.1 Å². The van der Waals surface area contributed by atoms with Gasteiger partial charge in [0.15, 0.2) is 5.69 Å². The molecular weight excluding hydrogens is 358 g/mol. The minimum absolute atomic E-state index is 0.0773. The number of nitrogen functional groups attached to an aromatic ring is 1. The molecule has 7 heteroatoms.